The number of rotatable bonds is 18. The first-order valence-electron chi connectivity index (χ1n) is 10.9. The normalized spacial score (nSPS) is 12.0. The van der Waals surface area contributed by atoms with Crippen LogP contribution in [0.4, 0.5) is 0 Å². The van der Waals surface area contributed by atoms with Crippen molar-refractivity contribution in [2.75, 3.05) is 13.2 Å². The van der Waals surface area contributed by atoms with Gasteiger partial charge in [0.2, 0.25) is 0 Å². The second-order valence-corrected chi connectivity index (χ2v) is 7.29. The number of esters is 2. The lowest BCUT2D eigenvalue weighted by Crippen LogP contribution is -2.14. The van der Waals surface area contributed by atoms with E-state index in [1.807, 2.05) is 0 Å². The molecule has 0 rings (SSSR count). The largest absolute Gasteiger partial charge is 0.466 e. The van der Waals surface area contributed by atoms with Crippen LogP contribution < -0.4 is 0 Å². The Bertz CT molecular complexity index is 341. The topological polar surface area (TPSA) is 52.6 Å². The minimum atomic E-state index is -0.141. The van der Waals surface area contributed by atoms with E-state index >= 15 is 0 Å². The van der Waals surface area contributed by atoms with Crippen molar-refractivity contribution in [1.82, 2.24) is 0 Å². The molecule has 0 aliphatic rings. The van der Waals surface area contributed by atoms with Crippen LogP contribution in [0.25, 0.3) is 0 Å². The summed E-state index contributed by atoms with van der Waals surface area (Å²) in [5, 5.41) is 0. The molecule has 0 aliphatic heterocycles. The summed E-state index contributed by atoms with van der Waals surface area (Å²) >= 11 is 0. The predicted molar refractivity (Wildman–Crippen MR) is 107 cm³/mol. The number of unbranched alkanes of at least 4 members (excludes halogenated alkanes) is 7. The van der Waals surface area contributed by atoms with Gasteiger partial charge in [-0.2, -0.15) is 0 Å². The maximum atomic E-state index is 11.8. The first-order chi connectivity index (χ1) is 12.6. The van der Waals surface area contributed by atoms with Gasteiger partial charge in [0.1, 0.15) is 0 Å². The highest BCUT2D eigenvalue weighted by atomic mass is 16.5. The van der Waals surface area contributed by atoms with Gasteiger partial charge in [-0.25, -0.2) is 0 Å². The summed E-state index contributed by atoms with van der Waals surface area (Å²) < 4.78 is 10.6. The van der Waals surface area contributed by atoms with Gasteiger partial charge in [-0.1, -0.05) is 72.1 Å². The molecule has 4 nitrogen and oxygen atoms in total. The minimum absolute atomic E-state index is 0.139. The molecule has 0 aromatic rings. The maximum absolute atomic E-state index is 11.8. The zero-order chi connectivity index (χ0) is 19.5. The van der Waals surface area contributed by atoms with E-state index in [1.54, 1.807) is 0 Å². The van der Waals surface area contributed by atoms with Crippen molar-refractivity contribution in [3.8, 4) is 0 Å². The summed E-state index contributed by atoms with van der Waals surface area (Å²) in [6.07, 6.45) is 13.9. The molecule has 0 fully saturated rings. The van der Waals surface area contributed by atoms with Gasteiger partial charge in [-0.15, -0.1) is 0 Å². The maximum Gasteiger partial charge on any atom is 0.305 e. The highest BCUT2D eigenvalue weighted by Crippen LogP contribution is 2.13. The molecule has 1 unspecified atom stereocenters. The third-order valence-electron chi connectivity index (χ3n) is 4.80. The highest BCUT2D eigenvalue weighted by Gasteiger charge is 2.10. The van der Waals surface area contributed by atoms with Gasteiger partial charge >= 0.3 is 11.9 Å². The lowest BCUT2D eigenvalue weighted by molar-refractivity contribution is -0.146. The smallest absolute Gasteiger partial charge is 0.305 e. The molecule has 0 saturated heterocycles. The van der Waals surface area contributed by atoms with E-state index < -0.39 is 0 Å². The molecule has 1 atom stereocenters. The lowest BCUT2D eigenvalue weighted by Gasteiger charge is -2.14. The fourth-order valence-electron chi connectivity index (χ4n) is 2.86. The van der Waals surface area contributed by atoms with Gasteiger partial charge in [-0.3, -0.25) is 9.59 Å². The molecular weight excluding hydrogens is 328 g/mol. The second-order valence-electron chi connectivity index (χ2n) is 7.29. The van der Waals surface area contributed by atoms with Crippen molar-refractivity contribution in [2.45, 2.75) is 111 Å². The Morgan fingerprint density at radius 2 is 1.27 bits per heavy atom. The van der Waals surface area contributed by atoms with E-state index in [1.165, 1.54) is 38.5 Å². The molecule has 0 radical (unpaired) electrons. The van der Waals surface area contributed by atoms with Gasteiger partial charge in [0.25, 0.3) is 0 Å². The number of carbonyl (C=O) groups is 2. The quantitative estimate of drug-likeness (QED) is 0.212. The summed E-state index contributed by atoms with van der Waals surface area (Å²) in [6.45, 7) is 7.60. The van der Waals surface area contributed by atoms with Gasteiger partial charge in [0, 0.05) is 12.8 Å². The molecule has 0 N–H and O–H groups in total. The van der Waals surface area contributed by atoms with Crippen LogP contribution in [0.5, 0.6) is 0 Å². The number of hydrogen-bond acceptors (Lipinski definition) is 4. The van der Waals surface area contributed by atoms with Crippen molar-refractivity contribution < 1.29 is 19.1 Å². The van der Waals surface area contributed by atoms with Crippen LogP contribution in [-0.2, 0) is 19.1 Å². The fraction of sp³-hybridized carbons (Fsp3) is 0.909. The molecule has 0 aliphatic carbocycles. The van der Waals surface area contributed by atoms with Crippen molar-refractivity contribution in [1.29, 1.82) is 0 Å². The first kappa shape index (κ1) is 24.9. The lowest BCUT2D eigenvalue weighted by atomic mass is 10.0. The number of carbonyl (C=O) groups excluding carboxylic acids is 2. The van der Waals surface area contributed by atoms with E-state index in [2.05, 4.69) is 20.8 Å². The van der Waals surface area contributed by atoms with Crippen LogP contribution in [-0.4, -0.2) is 25.2 Å². The van der Waals surface area contributed by atoms with Crippen molar-refractivity contribution in [3.05, 3.63) is 0 Å². The van der Waals surface area contributed by atoms with Crippen molar-refractivity contribution in [2.24, 2.45) is 5.92 Å². The van der Waals surface area contributed by atoms with Gasteiger partial charge in [-0.05, 0) is 31.6 Å². The van der Waals surface area contributed by atoms with E-state index in [4.69, 9.17) is 9.47 Å². The number of ether oxygens (including phenoxy) is 2. The molecule has 4 heteroatoms. The fourth-order valence-corrected chi connectivity index (χ4v) is 2.86. The Morgan fingerprint density at radius 3 is 1.88 bits per heavy atom. The summed E-state index contributed by atoms with van der Waals surface area (Å²) in [6, 6.07) is 0. The minimum Gasteiger partial charge on any atom is -0.466 e. The summed E-state index contributed by atoms with van der Waals surface area (Å²) in [7, 11) is 0. The van der Waals surface area contributed by atoms with Gasteiger partial charge in [0.05, 0.1) is 13.2 Å². The Hall–Kier alpha value is -1.06. The van der Waals surface area contributed by atoms with E-state index in [0.29, 0.717) is 44.8 Å². The highest BCUT2D eigenvalue weighted by molar-refractivity contribution is 5.70. The van der Waals surface area contributed by atoms with Crippen molar-refractivity contribution >= 4 is 11.9 Å². The SMILES string of the molecule is CCCCCCCCOC(=O)CCCCC(=O)OCC(CC)CCCC. The zero-order valence-corrected chi connectivity index (χ0v) is 17.5. The predicted octanol–water partition coefficient (Wildman–Crippen LogP) is 6.21. The van der Waals surface area contributed by atoms with Crippen LogP contribution in [0.15, 0.2) is 0 Å². The van der Waals surface area contributed by atoms with E-state index in [0.717, 1.165) is 25.7 Å². The van der Waals surface area contributed by atoms with Crippen LogP contribution in [0.3, 0.4) is 0 Å². The Labute approximate surface area is 161 Å². The number of hydrogen-bond donors (Lipinski definition) is 0. The van der Waals surface area contributed by atoms with Gasteiger partial charge < -0.3 is 9.47 Å². The molecule has 0 amide bonds. The molecule has 0 spiro atoms. The van der Waals surface area contributed by atoms with Crippen LogP contribution in [0.1, 0.15) is 111 Å². The zero-order valence-electron chi connectivity index (χ0n) is 17.5. The average Bonchev–Trinajstić information content (AvgIpc) is 2.64. The molecular formula is C22H42O4. The van der Waals surface area contributed by atoms with Gasteiger partial charge in [0.15, 0.2) is 0 Å². The molecule has 0 bridgehead atoms. The summed E-state index contributed by atoms with van der Waals surface area (Å²) in [5.41, 5.74) is 0. The first-order valence-corrected chi connectivity index (χ1v) is 10.9. The third-order valence-corrected chi connectivity index (χ3v) is 4.80. The third kappa shape index (κ3) is 16.4. The monoisotopic (exact) mass is 370 g/mol. The Balaban J connectivity index is 3.51. The van der Waals surface area contributed by atoms with Crippen LogP contribution >= 0.6 is 0 Å². The molecule has 0 aromatic carbocycles. The van der Waals surface area contributed by atoms with E-state index in [9.17, 15) is 9.59 Å². The standard InChI is InChI=1S/C22H42O4/c1-4-7-9-10-11-14-18-25-21(23)16-12-13-17-22(24)26-19-20(6-3)15-8-5-2/h20H,4-19H2,1-3H3. The second kappa shape index (κ2) is 18.7. The summed E-state index contributed by atoms with van der Waals surface area (Å²) in [5.74, 6) is 0.203. The molecule has 26 heavy (non-hydrogen) atoms. The summed E-state index contributed by atoms with van der Waals surface area (Å²) in [4.78, 5) is 23.4. The Kier molecular flexibility index (Phi) is 18.0. The van der Waals surface area contributed by atoms with E-state index in [-0.39, 0.29) is 11.9 Å². The van der Waals surface area contributed by atoms with Crippen LogP contribution in [0.2, 0.25) is 0 Å². The van der Waals surface area contributed by atoms with Crippen LogP contribution in [0, 0.1) is 5.92 Å². The molecule has 0 aromatic heterocycles. The van der Waals surface area contributed by atoms with Crippen molar-refractivity contribution in [3.63, 3.8) is 0 Å². The average molecular weight is 371 g/mol. The molecule has 0 saturated carbocycles. The molecule has 154 valence electrons. The molecule has 0 heterocycles. The Morgan fingerprint density at radius 1 is 0.692 bits per heavy atom.